The highest BCUT2D eigenvalue weighted by molar-refractivity contribution is 6.02. The fourth-order valence-corrected chi connectivity index (χ4v) is 2.03. The highest BCUT2D eigenvalue weighted by Gasteiger charge is 2.22. The molecule has 1 aliphatic heterocycles. The third kappa shape index (κ3) is 1.77. The molecule has 1 N–H and O–H groups in total. The molecule has 0 saturated carbocycles. The molecule has 1 aromatic rings. The van der Waals surface area contributed by atoms with Gasteiger partial charge in [0.05, 0.1) is 17.9 Å². The number of fused-ring (bicyclic) bond motifs is 1. The molecule has 0 aromatic heterocycles. The molecule has 3 nitrogen and oxygen atoms in total. The molecule has 2 rings (SSSR count). The quantitative estimate of drug-likeness (QED) is 0.827. The fraction of sp³-hybridized carbons (Fsp3) is 0.462. The van der Waals surface area contributed by atoms with Crippen LogP contribution in [0.1, 0.15) is 32.3 Å². The smallest absolute Gasteiger partial charge is 0.246 e. The molecule has 0 unspecified atom stereocenters. The van der Waals surface area contributed by atoms with Gasteiger partial charge < -0.3 is 10.2 Å². The first-order valence-corrected chi connectivity index (χ1v) is 5.81. The molecule has 1 heterocycles. The van der Waals surface area contributed by atoms with E-state index in [1.165, 1.54) is 5.56 Å². The minimum Gasteiger partial charge on any atom is -0.374 e. The van der Waals surface area contributed by atoms with Crippen LogP contribution in [0.25, 0.3) is 0 Å². The third-order valence-corrected chi connectivity index (χ3v) is 3.03. The van der Waals surface area contributed by atoms with Crippen LogP contribution in [0.15, 0.2) is 18.2 Å². The summed E-state index contributed by atoms with van der Waals surface area (Å²) < 4.78 is 0. The second-order valence-electron chi connectivity index (χ2n) is 4.42. The lowest BCUT2D eigenvalue weighted by molar-refractivity contribution is -0.117. The van der Waals surface area contributed by atoms with Gasteiger partial charge in [0, 0.05) is 6.54 Å². The minimum atomic E-state index is 0.149. The van der Waals surface area contributed by atoms with Gasteiger partial charge in [-0.05, 0) is 30.5 Å². The van der Waals surface area contributed by atoms with Crippen molar-refractivity contribution >= 4 is 17.3 Å². The number of amides is 1. The van der Waals surface area contributed by atoms with Crippen molar-refractivity contribution in [3.8, 4) is 0 Å². The minimum absolute atomic E-state index is 0.149. The second kappa shape index (κ2) is 4.16. The lowest BCUT2D eigenvalue weighted by Gasteiger charge is -2.30. The number of nitrogens with zero attached hydrogens (tertiary/aromatic N) is 1. The van der Waals surface area contributed by atoms with Crippen LogP contribution < -0.4 is 10.2 Å². The van der Waals surface area contributed by atoms with Gasteiger partial charge in [-0.3, -0.25) is 4.79 Å². The van der Waals surface area contributed by atoms with E-state index in [0.29, 0.717) is 12.5 Å². The van der Waals surface area contributed by atoms with E-state index < -0.39 is 0 Å². The zero-order valence-electron chi connectivity index (χ0n) is 10.1. The van der Waals surface area contributed by atoms with Crippen LogP contribution in [0.2, 0.25) is 0 Å². The topological polar surface area (TPSA) is 32.3 Å². The Kier molecular flexibility index (Phi) is 2.86. The maximum atomic E-state index is 11.7. The van der Waals surface area contributed by atoms with Gasteiger partial charge in [0.1, 0.15) is 0 Å². The van der Waals surface area contributed by atoms with Crippen LogP contribution in [0.5, 0.6) is 0 Å². The monoisotopic (exact) mass is 218 g/mol. The molecule has 0 spiro atoms. The number of likely N-dealkylation sites (N-methyl/N-ethyl adjacent to an activating group) is 1. The van der Waals surface area contributed by atoms with Gasteiger partial charge in [-0.25, -0.2) is 0 Å². The zero-order valence-corrected chi connectivity index (χ0v) is 10.1. The molecule has 86 valence electrons. The van der Waals surface area contributed by atoms with Gasteiger partial charge in [0.2, 0.25) is 5.91 Å². The van der Waals surface area contributed by atoms with Crippen molar-refractivity contribution in [3.63, 3.8) is 0 Å². The average molecular weight is 218 g/mol. The summed E-state index contributed by atoms with van der Waals surface area (Å²) in [6, 6.07) is 6.31. The van der Waals surface area contributed by atoms with E-state index in [0.717, 1.165) is 17.9 Å². The Balaban J connectivity index is 2.45. The molecule has 0 aliphatic carbocycles. The van der Waals surface area contributed by atoms with Gasteiger partial charge in [-0.2, -0.15) is 0 Å². The molecule has 1 amide bonds. The number of hydrogen-bond donors (Lipinski definition) is 1. The summed E-state index contributed by atoms with van der Waals surface area (Å²) in [7, 11) is 0. The van der Waals surface area contributed by atoms with Crippen LogP contribution in [0.4, 0.5) is 11.4 Å². The van der Waals surface area contributed by atoms with Crippen molar-refractivity contribution in [3.05, 3.63) is 23.8 Å². The van der Waals surface area contributed by atoms with E-state index in [1.807, 2.05) is 11.8 Å². The molecule has 0 saturated heterocycles. The van der Waals surface area contributed by atoms with E-state index in [4.69, 9.17) is 0 Å². The van der Waals surface area contributed by atoms with Crippen molar-refractivity contribution in [1.82, 2.24) is 0 Å². The standard InChI is InChI=1S/C13H18N2O/c1-4-15-12-7-10(9(2)3)5-6-11(12)14-8-13(15)16/h5-7,9,14H,4,8H2,1-3H3. The Bertz CT molecular complexity index is 412. The number of carbonyl (C=O) groups is 1. The Morgan fingerprint density at radius 1 is 1.44 bits per heavy atom. The number of nitrogens with one attached hydrogen (secondary N) is 1. The Hall–Kier alpha value is -1.51. The predicted octanol–water partition coefficient (Wildman–Crippen LogP) is 2.59. The van der Waals surface area contributed by atoms with Gasteiger partial charge in [0.15, 0.2) is 0 Å². The summed E-state index contributed by atoms with van der Waals surface area (Å²) in [6.07, 6.45) is 0. The average Bonchev–Trinajstić information content (AvgIpc) is 2.28. The third-order valence-electron chi connectivity index (χ3n) is 3.03. The lowest BCUT2D eigenvalue weighted by Crippen LogP contribution is -2.39. The zero-order chi connectivity index (χ0) is 11.7. The molecule has 0 radical (unpaired) electrons. The first-order valence-electron chi connectivity index (χ1n) is 5.81. The normalized spacial score (nSPS) is 15.0. The van der Waals surface area contributed by atoms with Crippen LogP contribution in [0.3, 0.4) is 0 Å². The van der Waals surface area contributed by atoms with Crippen molar-refractivity contribution in [2.75, 3.05) is 23.3 Å². The Morgan fingerprint density at radius 2 is 2.19 bits per heavy atom. The van der Waals surface area contributed by atoms with Crippen molar-refractivity contribution in [2.45, 2.75) is 26.7 Å². The van der Waals surface area contributed by atoms with Gasteiger partial charge in [-0.15, -0.1) is 0 Å². The fourth-order valence-electron chi connectivity index (χ4n) is 2.03. The number of hydrogen-bond acceptors (Lipinski definition) is 2. The van der Waals surface area contributed by atoms with Crippen molar-refractivity contribution in [2.24, 2.45) is 0 Å². The molecule has 1 aromatic carbocycles. The van der Waals surface area contributed by atoms with E-state index in [-0.39, 0.29) is 5.91 Å². The van der Waals surface area contributed by atoms with E-state index in [9.17, 15) is 4.79 Å². The van der Waals surface area contributed by atoms with E-state index >= 15 is 0 Å². The molecule has 0 fully saturated rings. The molecule has 0 bridgehead atoms. The van der Waals surface area contributed by atoms with E-state index in [1.54, 1.807) is 0 Å². The highest BCUT2D eigenvalue weighted by Crippen LogP contribution is 2.32. The summed E-state index contributed by atoms with van der Waals surface area (Å²) >= 11 is 0. The Labute approximate surface area is 96.5 Å². The predicted molar refractivity (Wildman–Crippen MR) is 67.0 cm³/mol. The maximum Gasteiger partial charge on any atom is 0.246 e. The SMILES string of the molecule is CCN1C(=O)CNc2ccc(C(C)C)cc21. The van der Waals surface area contributed by atoms with Gasteiger partial charge >= 0.3 is 0 Å². The number of carbonyl (C=O) groups excluding carboxylic acids is 1. The lowest BCUT2D eigenvalue weighted by atomic mass is 10.0. The van der Waals surface area contributed by atoms with Crippen LogP contribution in [0, 0.1) is 0 Å². The summed E-state index contributed by atoms with van der Waals surface area (Å²) in [4.78, 5) is 13.6. The summed E-state index contributed by atoms with van der Waals surface area (Å²) in [5.74, 6) is 0.636. The van der Waals surface area contributed by atoms with Crippen LogP contribution in [-0.2, 0) is 4.79 Å². The summed E-state index contributed by atoms with van der Waals surface area (Å²) in [6.45, 7) is 7.47. The second-order valence-corrected chi connectivity index (χ2v) is 4.42. The molecular weight excluding hydrogens is 200 g/mol. The first-order chi connectivity index (χ1) is 7.63. The van der Waals surface area contributed by atoms with Gasteiger partial charge in [0.25, 0.3) is 0 Å². The van der Waals surface area contributed by atoms with Gasteiger partial charge in [-0.1, -0.05) is 19.9 Å². The number of benzene rings is 1. The van der Waals surface area contributed by atoms with Crippen molar-refractivity contribution < 1.29 is 4.79 Å². The first kappa shape index (κ1) is 11.0. The summed E-state index contributed by atoms with van der Waals surface area (Å²) in [5, 5.41) is 3.15. The number of anilines is 2. The van der Waals surface area contributed by atoms with E-state index in [2.05, 4.69) is 37.4 Å². The highest BCUT2D eigenvalue weighted by atomic mass is 16.2. The van der Waals surface area contributed by atoms with Crippen LogP contribution in [-0.4, -0.2) is 19.0 Å². The van der Waals surface area contributed by atoms with Crippen LogP contribution >= 0.6 is 0 Å². The maximum absolute atomic E-state index is 11.7. The largest absolute Gasteiger partial charge is 0.374 e. The number of rotatable bonds is 2. The molecular formula is C13H18N2O. The molecule has 0 atom stereocenters. The summed E-state index contributed by atoms with van der Waals surface area (Å²) in [5.41, 5.74) is 3.35. The molecule has 3 heteroatoms. The Morgan fingerprint density at radius 3 is 2.81 bits per heavy atom. The molecule has 1 aliphatic rings. The molecule has 16 heavy (non-hydrogen) atoms. The van der Waals surface area contributed by atoms with Crippen molar-refractivity contribution in [1.29, 1.82) is 0 Å².